The molecule has 0 spiro atoms. The second kappa shape index (κ2) is 4.67. The van der Waals surface area contributed by atoms with Crippen molar-refractivity contribution < 1.29 is 14.7 Å². The summed E-state index contributed by atoms with van der Waals surface area (Å²) in [5.74, 6) is -0.677. The minimum Gasteiger partial charge on any atom is -0.394 e. The molecule has 1 aromatic rings. The minimum absolute atomic E-state index is 0.196. The van der Waals surface area contributed by atoms with Crippen molar-refractivity contribution >= 4 is 11.8 Å². The first kappa shape index (κ1) is 11.8. The highest BCUT2D eigenvalue weighted by molar-refractivity contribution is 6.03. The van der Waals surface area contributed by atoms with Crippen LogP contribution in [0.15, 0.2) is 30.3 Å². The van der Waals surface area contributed by atoms with Gasteiger partial charge in [0.25, 0.3) is 0 Å². The molecule has 0 aliphatic carbocycles. The van der Waals surface area contributed by atoms with E-state index in [1.54, 1.807) is 6.92 Å². The van der Waals surface area contributed by atoms with Crippen molar-refractivity contribution in [3.05, 3.63) is 35.9 Å². The number of aliphatic hydroxyl groups is 1. The Bertz CT molecular complexity index is 430. The largest absolute Gasteiger partial charge is 0.394 e. The molecule has 1 aromatic carbocycles. The molecule has 2 rings (SSSR count). The number of carbonyl (C=O) groups excluding carboxylic acids is 2. The van der Waals surface area contributed by atoms with Gasteiger partial charge in [-0.05, 0) is 5.56 Å². The summed E-state index contributed by atoms with van der Waals surface area (Å²) in [5, 5.41) is 9.42. The van der Waals surface area contributed by atoms with Crippen LogP contribution in [0.25, 0.3) is 0 Å². The molecule has 0 radical (unpaired) electrons. The van der Waals surface area contributed by atoms with Gasteiger partial charge in [-0.3, -0.25) is 14.5 Å². The number of carbonyl (C=O) groups is 2. The Morgan fingerprint density at radius 2 is 2.00 bits per heavy atom. The lowest BCUT2D eigenvalue weighted by Gasteiger charge is -2.25. The Balaban J connectivity index is 2.31. The van der Waals surface area contributed by atoms with E-state index in [2.05, 4.69) is 0 Å². The van der Waals surface area contributed by atoms with E-state index in [1.807, 2.05) is 30.3 Å². The summed E-state index contributed by atoms with van der Waals surface area (Å²) in [6, 6.07) is 8.57. The molecule has 0 saturated carbocycles. The number of nitrogens with zero attached hydrogens (tertiary/aromatic N) is 1. The molecule has 1 saturated heterocycles. The van der Waals surface area contributed by atoms with E-state index >= 15 is 0 Å². The molecule has 1 N–H and O–H groups in total. The number of benzene rings is 1. The fourth-order valence-electron chi connectivity index (χ4n) is 2.15. The number of amides is 2. The minimum atomic E-state index is -0.554. The van der Waals surface area contributed by atoms with Crippen LogP contribution in [0.4, 0.5) is 0 Å². The van der Waals surface area contributed by atoms with E-state index < -0.39 is 6.04 Å². The van der Waals surface area contributed by atoms with Gasteiger partial charge in [0.15, 0.2) is 0 Å². The van der Waals surface area contributed by atoms with Crippen molar-refractivity contribution in [2.45, 2.75) is 19.4 Å². The number of hydrogen-bond donors (Lipinski definition) is 1. The van der Waals surface area contributed by atoms with Crippen molar-refractivity contribution in [2.24, 2.45) is 5.92 Å². The molecule has 17 heavy (non-hydrogen) atoms. The predicted molar refractivity (Wildman–Crippen MR) is 61.9 cm³/mol. The van der Waals surface area contributed by atoms with Gasteiger partial charge in [0.1, 0.15) is 0 Å². The van der Waals surface area contributed by atoms with Crippen LogP contribution in [0.3, 0.4) is 0 Å². The third kappa shape index (κ3) is 2.08. The van der Waals surface area contributed by atoms with Crippen LogP contribution in [0.5, 0.6) is 0 Å². The summed E-state index contributed by atoms with van der Waals surface area (Å²) in [7, 11) is 0. The average molecular weight is 233 g/mol. The van der Waals surface area contributed by atoms with Gasteiger partial charge >= 0.3 is 0 Å². The Morgan fingerprint density at radius 3 is 2.47 bits per heavy atom. The van der Waals surface area contributed by atoms with Crippen molar-refractivity contribution in [2.75, 3.05) is 6.61 Å². The fraction of sp³-hybridized carbons (Fsp3) is 0.385. The number of rotatable bonds is 3. The molecule has 2 atom stereocenters. The van der Waals surface area contributed by atoms with Gasteiger partial charge in [0.05, 0.1) is 12.6 Å². The van der Waals surface area contributed by atoms with Gasteiger partial charge in [-0.25, -0.2) is 0 Å². The van der Waals surface area contributed by atoms with Crippen LogP contribution >= 0.6 is 0 Å². The highest BCUT2D eigenvalue weighted by Crippen LogP contribution is 2.29. The quantitative estimate of drug-likeness (QED) is 0.796. The summed E-state index contributed by atoms with van der Waals surface area (Å²) < 4.78 is 0. The molecular weight excluding hydrogens is 218 g/mol. The fourth-order valence-corrected chi connectivity index (χ4v) is 2.15. The lowest BCUT2D eigenvalue weighted by molar-refractivity contribution is -0.143. The van der Waals surface area contributed by atoms with Crippen LogP contribution in [-0.4, -0.2) is 28.4 Å². The normalized spacial score (nSPS) is 22.0. The molecule has 1 fully saturated rings. The van der Waals surface area contributed by atoms with E-state index in [0.29, 0.717) is 0 Å². The van der Waals surface area contributed by atoms with Crippen LogP contribution in [0.2, 0.25) is 0 Å². The first-order valence-electron chi connectivity index (χ1n) is 5.67. The molecule has 2 amide bonds. The van der Waals surface area contributed by atoms with Crippen molar-refractivity contribution in [1.82, 2.24) is 4.90 Å². The predicted octanol–water partition coefficient (Wildman–Crippen LogP) is 1.11. The number of imide groups is 1. The van der Waals surface area contributed by atoms with Gasteiger partial charge in [-0.1, -0.05) is 37.3 Å². The Labute approximate surface area is 99.9 Å². The van der Waals surface area contributed by atoms with Gasteiger partial charge < -0.3 is 5.11 Å². The molecule has 1 unspecified atom stereocenters. The molecule has 90 valence electrons. The summed E-state index contributed by atoms with van der Waals surface area (Å²) in [6.07, 6.45) is 0.238. The number of likely N-dealkylation sites (tertiary alicyclic amines) is 1. The second-order valence-corrected chi connectivity index (χ2v) is 4.32. The van der Waals surface area contributed by atoms with Crippen LogP contribution in [0, 0.1) is 5.92 Å². The van der Waals surface area contributed by atoms with Gasteiger partial charge in [-0.15, -0.1) is 0 Å². The smallest absolute Gasteiger partial charge is 0.233 e. The number of hydrogen-bond acceptors (Lipinski definition) is 3. The van der Waals surface area contributed by atoms with Crippen LogP contribution < -0.4 is 0 Å². The third-order valence-electron chi connectivity index (χ3n) is 3.08. The first-order valence-corrected chi connectivity index (χ1v) is 5.67. The topological polar surface area (TPSA) is 57.6 Å². The summed E-state index contributed by atoms with van der Waals surface area (Å²) in [5.41, 5.74) is 0.783. The van der Waals surface area contributed by atoms with Crippen LogP contribution in [0.1, 0.15) is 24.9 Å². The molecule has 0 bridgehead atoms. The van der Waals surface area contributed by atoms with E-state index in [4.69, 9.17) is 0 Å². The average Bonchev–Trinajstić information content (AvgIpc) is 2.58. The highest BCUT2D eigenvalue weighted by Gasteiger charge is 2.40. The molecule has 1 aliphatic rings. The van der Waals surface area contributed by atoms with Crippen molar-refractivity contribution in [1.29, 1.82) is 0 Å². The summed E-state index contributed by atoms with van der Waals surface area (Å²) in [6.45, 7) is 1.49. The summed E-state index contributed by atoms with van der Waals surface area (Å²) >= 11 is 0. The molecule has 4 heteroatoms. The first-order chi connectivity index (χ1) is 8.15. The standard InChI is InChI=1S/C13H15NO3/c1-9-7-12(16)14(13(9)17)11(8-15)10-5-3-2-4-6-10/h2-6,9,11,15H,7-8H2,1H3/t9?,11-/m1/s1. The maximum absolute atomic E-state index is 11.9. The highest BCUT2D eigenvalue weighted by atomic mass is 16.3. The lowest BCUT2D eigenvalue weighted by atomic mass is 10.1. The van der Waals surface area contributed by atoms with Gasteiger partial charge in [0, 0.05) is 12.3 Å². The molecule has 1 heterocycles. The van der Waals surface area contributed by atoms with E-state index in [9.17, 15) is 14.7 Å². The zero-order chi connectivity index (χ0) is 12.4. The summed E-state index contributed by atoms with van der Waals surface area (Å²) in [4.78, 5) is 24.8. The monoisotopic (exact) mass is 233 g/mol. The van der Waals surface area contributed by atoms with E-state index in [0.717, 1.165) is 5.56 Å². The Hall–Kier alpha value is -1.68. The SMILES string of the molecule is CC1CC(=O)N([C@H](CO)c2ccccc2)C1=O. The maximum Gasteiger partial charge on any atom is 0.233 e. The Morgan fingerprint density at radius 1 is 1.35 bits per heavy atom. The van der Waals surface area contributed by atoms with E-state index in [1.165, 1.54) is 4.90 Å². The molecule has 4 nitrogen and oxygen atoms in total. The van der Waals surface area contributed by atoms with Gasteiger partial charge in [-0.2, -0.15) is 0 Å². The second-order valence-electron chi connectivity index (χ2n) is 4.32. The Kier molecular flexibility index (Phi) is 3.24. The zero-order valence-electron chi connectivity index (χ0n) is 9.67. The van der Waals surface area contributed by atoms with Gasteiger partial charge in [0.2, 0.25) is 11.8 Å². The number of aliphatic hydroxyl groups excluding tert-OH is 1. The third-order valence-corrected chi connectivity index (χ3v) is 3.08. The zero-order valence-corrected chi connectivity index (χ0v) is 9.67. The molecule has 1 aliphatic heterocycles. The molecule has 0 aromatic heterocycles. The van der Waals surface area contributed by atoms with E-state index in [-0.39, 0.29) is 30.8 Å². The van der Waals surface area contributed by atoms with Crippen molar-refractivity contribution in [3.8, 4) is 0 Å². The lowest BCUT2D eigenvalue weighted by Crippen LogP contribution is -2.36. The van der Waals surface area contributed by atoms with Crippen LogP contribution in [-0.2, 0) is 9.59 Å². The molecular formula is C13H15NO3. The maximum atomic E-state index is 11.9. The van der Waals surface area contributed by atoms with Crippen molar-refractivity contribution in [3.63, 3.8) is 0 Å².